The average Bonchev–Trinajstić information content (AvgIpc) is 1.63. The van der Waals surface area contributed by atoms with Gasteiger partial charge in [0.1, 0.15) is 0 Å². The molecular formula is C7H17NO. The van der Waals surface area contributed by atoms with E-state index in [0.717, 1.165) is 6.42 Å². The van der Waals surface area contributed by atoms with Gasteiger partial charge in [-0.3, -0.25) is 0 Å². The van der Waals surface area contributed by atoms with Gasteiger partial charge in [0.25, 0.3) is 0 Å². The molecule has 0 aliphatic carbocycles. The Morgan fingerprint density at radius 3 is 2.33 bits per heavy atom. The van der Waals surface area contributed by atoms with Crippen molar-refractivity contribution in [2.45, 2.75) is 26.3 Å². The van der Waals surface area contributed by atoms with Crippen LogP contribution in [0.25, 0.3) is 0 Å². The minimum Gasteiger partial charge on any atom is -0.383 e. The van der Waals surface area contributed by atoms with Gasteiger partial charge in [0, 0.05) is 13.2 Å². The zero-order valence-electron chi connectivity index (χ0n) is 6.55. The van der Waals surface area contributed by atoms with Crippen LogP contribution in [0, 0.1) is 5.92 Å². The molecule has 9 heavy (non-hydrogen) atoms. The van der Waals surface area contributed by atoms with Crippen LogP contribution in [-0.4, -0.2) is 19.8 Å². The van der Waals surface area contributed by atoms with E-state index < -0.39 is 0 Å². The van der Waals surface area contributed by atoms with Crippen LogP contribution in [0.15, 0.2) is 0 Å². The largest absolute Gasteiger partial charge is 0.383 e. The van der Waals surface area contributed by atoms with Crippen molar-refractivity contribution in [2.24, 2.45) is 11.7 Å². The van der Waals surface area contributed by atoms with Crippen molar-refractivity contribution in [1.82, 2.24) is 0 Å². The Labute approximate surface area is 57.4 Å². The van der Waals surface area contributed by atoms with Crippen molar-refractivity contribution in [2.75, 3.05) is 13.7 Å². The normalized spacial score (nSPS) is 14.3. The highest BCUT2D eigenvalue weighted by molar-refractivity contribution is 4.61. The lowest BCUT2D eigenvalue weighted by Gasteiger charge is -2.11. The predicted molar refractivity (Wildman–Crippen MR) is 39.3 cm³/mol. The van der Waals surface area contributed by atoms with E-state index in [-0.39, 0.29) is 6.04 Å². The molecule has 0 rings (SSSR count). The summed E-state index contributed by atoms with van der Waals surface area (Å²) in [6.45, 7) is 5.00. The summed E-state index contributed by atoms with van der Waals surface area (Å²) in [6, 6.07) is 0.218. The van der Waals surface area contributed by atoms with Crippen molar-refractivity contribution in [1.29, 1.82) is 0 Å². The van der Waals surface area contributed by atoms with Crippen molar-refractivity contribution in [3.8, 4) is 0 Å². The van der Waals surface area contributed by atoms with Gasteiger partial charge in [-0.2, -0.15) is 0 Å². The van der Waals surface area contributed by atoms with Gasteiger partial charge in [0.15, 0.2) is 0 Å². The maximum absolute atomic E-state index is 5.66. The Hall–Kier alpha value is -0.0800. The molecule has 0 heterocycles. The summed E-state index contributed by atoms with van der Waals surface area (Å²) < 4.78 is 4.88. The molecule has 56 valence electrons. The van der Waals surface area contributed by atoms with Gasteiger partial charge in [-0.1, -0.05) is 13.8 Å². The SMILES string of the molecule is COCC(N)CC(C)C. The molecule has 0 amide bonds. The fourth-order valence-electron chi connectivity index (χ4n) is 0.888. The first-order valence-electron chi connectivity index (χ1n) is 3.41. The second-order valence-corrected chi connectivity index (χ2v) is 2.84. The Bertz CT molecular complexity index is 63.9. The smallest absolute Gasteiger partial charge is 0.0613 e. The molecule has 0 saturated carbocycles. The number of hydrogen-bond donors (Lipinski definition) is 1. The van der Waals surface area contributed by atoms with E-state index in [0.29, 0.717) is 12.5 Å². The van der Waals surface area contributed by atoms with Crippen LogP contribution in [0.2, 0.25) is 0 Å². The molecule has 0 fully saturated rings. The van der Waals surface area contributed by atoms with Crippen LogP contribution >= 0.6 is 0 Å². The van der Waals surface area contributed by atoms with Crippen molar-refractivity contribution >= 4 is 0 Å². The van der Waals surface area contributed by atoms with Crippen molar-refractivity contribution < 1.29 is 4.74 Å². The molecule has 0 saturated heterocycles. The summed E-state index contributed by atoms with van der Waals surface area (Å²) in [7, 11) is 1.68. The lowest BCUT2D eigenvalue weighted by atomic mass is 10.1. The highest BCUT2D eigenvalue weighted by atomic mass is 16.5. The van der Waals surface area contributed by atoms with Gasteiger partial charge in [-0.15, -0.1) is 0 Å². The zero-order valence-corrected chi connectivity index (χ0v) is 6.55. The number of methoxy groups -OCH3 is 1. The minimum absolute atomic E-state index is 0.218. The summed E-state index contributed by atoms with van der Waals surface area (Å²) >= 11 is 0. The fraction of sp³-hybridized carbons (Fsp3) is 1.00. The second kappa shape index (κ2) is 4.77. The molecule has 2 nitrogen and oxygen atoms in total. The quantitative estimate of drug-likeness (QED) is 0.618. The topological polar surface area (TPSA) is 35.2 Å². The van der Waals surface area contributed by atoms with Gasteiger partial charge < -0.3 is 10.5 Å². The molecule has 0 aliphatic heterocycles. The van der Waals surface area contributed by atoms with E-state index in [1.165, 1.54) is 0 Å². The van der Waals surface area contributed by atoms with Gasteiger partial charge in [0.05, 0.1) is 6.61 Å². The summed E-state index contributed by atoms with van der Waals surface area (Å²) in [5, 5.41) is 0. The van der Waals surface area contributed by atoms with E-state index in [4.69, 9.17) is 10.5 Å². The monoisotopic (exact) mass is 131 g/mol. The summed E-state index contributed by atoms with van der Waals surface area (Å²) in [4.78, 5) is 0. The van der Waals surface area contributed by atoms with Gasteiger partial charge >= 0.3 is 0 Å². The number of nitrogens with two attached hydrogens (primary N) is 1. The van der Waals surface area contributed by atoms with Crippen molar-refractivity contribution in [3.63, 3.8) is 0 Å². The van der Waals surface area contributed by atoms with Crippen LogP contribution in [0.1, 0.15) is 20.3 Å². The first-order chi connectivity index (χ1) is 4.16. The molecule has 0 aromatic carbocycles. The van der Waals surface area contributed by atoms with E-state index in [1.807, 2.05) is 0 Å². The average molecular weight is 131 g/mol. The van der Waals surface area contributed by atoms with Gasteiger partial charge in [-0.05, 0) is 12.3 Å². The number of hydrogen-bond acceptors (Lipinski definition) is 2. The molecule has 1 unspecified atom stereocenters. The summed E-state index contributed by atoms with van der Waals surface area (Å²) in [6.07, 6.45) is 1.05. The van der Waals surface area contributed by atoms with Crippen LogP contribution in [-0.2, 0) is 4.74 Å². The Morgan fingerprint density at radius 1 is 1.44 bits per heavy atom. The Morgan fingerprint density at radius 2 is 2.00 bits per heavy atom. The van der Waals surface area contributed by atoms with Crippen LogP contribution in [0.4, 0.5) is 0 Å². The first kappa shape index (κ1) is 8.92. The van der Waals surface area contributed by atoms with E-state index in [9.17, 15) is 0 Å². The summed E-state index contributed by atoms with van der Waals surface area (Å²) in [5.74, 6) is 0.676. The Balaban J connectivity index is 3.15. The molecule has 0 spiro atoms. The molecule has 1 atom stereocenters. The minimum atomic E-state index is 0.218. The third-order valence-corrected chi connectivity index (χ3v) is 1.15. The molecule has 0 aromatic rings. The summed E-state index contributed by atoms with van der Waals surface area (Å²) in [5.41, 5.74) is 5.66. The third kappa shape index (κ3) is 5.80. The molecule has 0 aromatic heterocycles. The lowest BCUT2D eigenvalue weighted by Crippen LogP contribution is -2.27. The Kier molecular flexibility index (Phi) is 4.72. The standard InChI is InChI=1S/C7H17NO/c1-6(2)4-7(8)5-9-3/h6-7H,4-5,8H2,1-3H3. The van der Waals surface area contributed by atoms with Crippen LogP contribution in [0.3, 0.4) is 0 Å². The number of ether oxygens (including phenoxy) is 1. The zero-order chi connectivity index (χ0) is 7.28. The molecular weight excluding hydrogens is 114 g/mol. The maximum atomic E-state index is 5.66. The number of rotatable bonds is 4. The second-order valence-electron chi connectivity index (χ2n) is 2.84. The molecule has 0 radical (unpaired) electrons. The molecule has 0 aliphatic rings. The van der Waals surface area contributed by atoms with E-state index in [1.54, 1.807) is 7.11 Å². The molecule has 2 heteroatoms. The van der Waals surface area contributed by atoms with Gasteiger partial charge in [0.2, 0.25) is 0 Å². The lowest BCUT2D eigenvalue weighted by molar-refractivity contribution is 0.172. The molecule has 0 bridgehead atoms. The highest BCUT2D eigenvalue weighted by Gasteiger charge is 2.03. The van der Waals surface area contributed by atoms with E-state index in [2.05, 4.69) is 13.8 Å². The molecule has 2 N–H and O–H groups in total. The highest BCUT2D eigenvalue weighted by Crippen LogP contribution is 2.01. The van der Waals surface area contributed by atoms with E-state index >= 15 is 0 Å². The third-order valence-electron chi connectivity index (χ3n) is 1.15. The fourth-order valence-corrected chi connectivity index (χ4v) is 0.888. The predicted octanol–water partition coefficient (Wildman–Crippen LogP) is 1.01. The maximum Gasteiger partial charge on any atom is 0.0613 e. The van der Waals surface area contributed by atoms with Crippen molar-refractivity contribution in [3.05, 3.63) is 0 Å². The van der Waals surface area contributed by atoms with Crippen LogP contribution in [0.5, 0.6) is 0 Å². The van der Waals surface area contributed by atoms with Crippen LogP contribution < -0.4 is 5.73 Å². The first-order valence-corrected chi connectivity index (χ1v) is 3.41. The van der Waals surface area contributed by atoms with Gasteiger partial charge in [-0.25, -0.2) is 0 Å².